The zero-order chi connectivity index (χ0) is 32.0. The average Bonchev–Trinajstić information content (AvgIpc) is 3.54. The molecule has 2 saturated heterocycles. The van der Waals surface area contributed by atoms with Gasteiger partial charge >= 0.3 is 6.01 Å². The molecule has 46 heavy (non-hydrogen) atoms. The summed E-state index contributed by atoms with van der Waals surface area (Å²) >= 11 is 0. The molecule has 1 aromatic carbocycles. The largest absolute Gasteiger partial charge is 0.462 e. The van der Waals surface area contributed by atoms with Gasteiger partial charge in [0.15, 0.2) is 0 Å². The van der Waals surface area contributed by atoms with Gasteiger partial charge in [0.1, 0.15) is 12.4 Å². The Kier molecular flexibility index (Phi) is 10.4. The normalized spacial score (nSPS) is 23.5. The Morgan fingerprint density at radius 1 is 1.09 bits per heavy atom. The number of rotatable bonds is 10. The summed E-state index contributed by atoms with van der Waals surface area (Å²) in [6.07, 6.45) is 11.3. The van der Waals surface area contributed by atoms with Crippen LogP contribution < -0.4 is 14.5 Å². The van der Waals surface area contributed by atoms with E-state index in [1.807, 2.05) is 30.0 Å². The van der Waals surface area contributed by atoms with Crippen molar-refractivity contribution in [1.29, 1.82) is 5.26 Å². The highest BCUT2D eigenvalue weighted by atomic mass is 16.5. The zero-order valence-electron chi connectivity index (χ0n) is 27.9. The first-order chi connectivity index (χ1) is 22.4. The van der Waals surface area contributed by atoms with Crippen LogP contribution in [0, 0.1) is 11.3 Å². The SMILES string of the molecule is CCN1CCCC1COc1nc2c(c(N3CCN(C(=O)C=CCN(C)C)C(CC#N)C3)n1)CCC(N1CCCc3ccccc31)C2. The summed E-state index contributed by atoms with van der Waals surface area (Å²) in [5.41, 5.74) is 5.09. The number of hydrogen-bond acceptors (Lipinski definition) is 9. The summed E-state index contributed by atoms with van der Waals surface area (Å²) < 4.78 is 6.42. The number of aryl methyl sites for hydroxylation is 1. The predicted molar refractivity (Wildman–Crippen MR) is 181 cm³/mol. The first-order valence-electron chi connectivity index (χ1n) is 17.3. The molecule has 0 N–H and O–H groups in total. The molecule has 3 atom stereocenters. The number of benzene rings is 1. The van der Waals surface area contributed by atoms with Crippen molar-refractivity contribution in [2.45, 2.75) is 76.4 Å². The minimum absolute atomic E-state index is 0.0304. The summed E-state index contributed by atoms with van der Waals surface area (Å²) in [5, 5.41) is 9.71. The maximum atomic E-state index is 13.2. The fourth-order valence-corrected chi connectivity index (χ4v) is 7.84. The van der Waals surface area contributed by atoms with Crippen LogP contribution in [-0.4, -0.2) is 115 Å². The lowest BCUT2D eigenvalue weighted by atomic mass is 9.88. The second kappa shape index (κ2) is 14.8. The molecule has 4 aliphatic rings. The van der Waals surface area contributed by atoms with Gasteiger partial charge in [-0.3, -0.25) is 9.69 Å². The van der Waals surface area contributed by atoms with Crippen LogP contribution in [0.5, 0.6) is 6.01 Å². The van der Waals surface area contributed by atoms with Gasteiger partial charge < -0.3 is 24.3 Å². The number of anilines is 2. The first-order valence-corrected chi connectivity index (χ1v) is 17.3. The van der Waals surface area contributed by atoms with Crippen LogP contribution in [0.2, 0.25) is 0 Å². The zero-order valence-corrected chi connectivity index (χ0v) is 27.9. The molecule has 10 nitrogen and oxygen atoms in total. The molecule has 3 unspecified atom stereocenters. The monoisotopic (exact) mass is 626 g/mol. The Morgan fingerprint density at radius 3 is 2.78 bits per heavy atom. The number of likely N-dealkylation sites (tertiary alicyclic amines) is 1. The fourth-order valence-electron chi connectivity index (χ4n) is 7.84. The van der Waals surface area contributed by atoms with Crippen molar-refractivity contribution < 1.29 is 9.53 Å². The Morgan fingerprint density at radius 2 is 1.96 bits per heavy atom. The molecule has 0 saturated carbocycles. The third-order valence-electron chi connectivity index (χ3n) is 10.2. The average molecular weight is 627 g/mol. The molecular weight excluding hydrogens is 576 g/mol. The molecule has 1 aliphatic carbocycles. The van der Waals surface area contributed by atoms with E-state index in [1.54, 1.807) is 6.08 Å². The summed E-state index contributed by atoms with van der Waals surface area (Å²) in [4.78, 5) is 34.6. The molecule has 0 bridgehead atoms. The molecule has 246 valence electrons. The number of carbonyl (C=O) groups is 1. The number of nitrogens with zero attached hydrogens (tertiary/aromatic N) is 8. The molecule has 0 spiro atoms. The summed E-state index contributed by atoms with van der Waals surface area (Å²) in [6, 6.07) is 12.2. The standard InChI is InChI=1S/C36H50N8O2/c1-4-41-20-8-12-30(41)26-46-36-38-32-24-28(43-21-7-11-27-10-5-6-13-33(27)43)15-16-31(32)35(39-36)42-22-23-44(29(25-42)17-18-37)34(45)14-9-19-40(2)3/h5-6,9-10,13-14,28-30H,4,7-8,11-12,15-17,19-26H2,1-3H3. The molecule has 0 radical (unpaired) electrons. The van der Waals surface area contributed by atoms with Crippen LogP contribution >= 0.6 is 0 Å². The van der Waals surface area contributed by atoms with Crippen LogP contribution in [0.1, 0.15) is 55.8 Å². The molecule has 2 aromatic rings. The number of nitriles is 1. The molecule has 3 aliphatic heterocycles. The van der Waals surface area contributed by atoms with Crippen molar-refractivity contribution in [3.8, 4) is 12.1 Å². The Balaban J connectivity index is 1.26. The minimum atomic E-state index is -0.206. The Labute approximate surface area is 274 Å². The lowest BCUT2D eigenvalue weighted by molar-refractivity contribution is -0.128. The number of aromatic nitrogens is 2. The summed E-state index contributed by atoms with van der Waals surface area (Å²) in [5.74, 6) is 0.895. The number of para-hydroxylation sites is 1. The predicted octanol–water partition coefficient (Wildman–Crippen LogP) is 3.70. The summed E-state index contributed by atoms with van der Waals surface area (Å²) in [6.45, 7) is 8.50. The number of carbonyl (C=O) groups excluding carboxylic acids is 1. The molecule has 4 heterocycles. The third kappa shape index (κ3) is 7.16. The highest BCUT2D eigenvalue weighted by Crippen LogP contribution is 2.37. The van der Waals surface area contributed by atoms with Crippen molar-refractivity contribution >= 4 is 17.4 Å². The van der Waals surface area contributed by atoms with E-state index in [1.165, 1.54) is 29.7 Å². The molecule has 6 rings (SSSR count). The lowest BCUT2D eigenvalue weighted by Crippen LogP contribution is -2.55. The highest BCUT2D eigenvalue weighted by molar-refractivity contribution is 5.88. The number of amides is 1. The van der Waals surface area contributed by atoms with Gasteiger partial charge in [0.2, 0.25) is 5.91 Å². The number of ether oxygens (including phenoxy) is 1. The van der Waals surface area contributed by atoms with E-state index in [0.29, 0.717) is 50.9 Å². The van der Waals surface area contributed by atoms with Crippen molar-refractivity contribution in [2.75, 3.05) is 76.3 Å². The smallest absolute Gasteiger partial charge is 0.318 e. The summed E-state index contributed by atoms with van der Waals surface area (Å²) in [7, 11) is 3.96. The maximum Gasteiger partial charge on any atom is 0.318 e. The van der Waals surface area contributed by atoms with Crippen molar-refractivity contribution in [2.24, 2.45) is 0 Å². The third-order valence-corrected chi connectivity index (χ3v) is 10.2. The van der Waals surface area contributed by atoms with Gasteiger partial charge in [-0.05, 0) is 77.3 Å². The van der Waals surface area contributed by atoms with E-state index in [2.05, 4.69) is 52.0 Å². The molecule has 1 aromatic heterocycles. The van der Waals surface area contributed by atoms with Gasteiger partial charge in [-0.2, -0.15) is 15.2 Å². The van der Waals surface area contributed by atoms with Gasteiger partial charge in [-0.15, -0.1) is 0 Å². The van der Waals surface area contributed by atoms with Gasteiger partial charge in [0.25, 0.3) is 0 Å². The van der Waals surface area contributed by atoms with Gasteiger partial charge in [-0.25, -0.2) is 0 Å². The Bertz CT molecular complexity index is 1440. The number of hydrogen-bond donors (Lipinski definition) is 0. The van der Waals surface area contributed by atoms with E-state index in [4.69, 9.17) is 14.7 Å². The number of fused-ring (bicyclic) bond motifs is 2. The van der Waals surface area contributed by atoms with Crippen LogP contribution in [0.25, 0.3) is 0 Å². The second-order valence-corrected chi connectivity index (χ2v) is 13.5. The molecule has 10 heteroatoms. The molecular formula is C36H50N8O2. The van der Waals surface area contributed by atoms with E-state index < -0.39 is 0 Å². The van der Waals surface area contributed by atoms with E-state index >= 15 is 0 Å². The second-order valence-electron chi connectivity index (χ2n) is 13.5. The van der Waals surface area contributed by atoms with Crippen molar-refractivity contribution in [3.63, 3.8) is 0 Å². The van der Waals surface area contributed by atoms with Crippen LogP contribution in [0.15, 0.2) is 36.4 Å². The van der Waals surface area contributed by atoms with Gasteiger partial charge in [0.05, 0.1) is 24.2 Å². The number of piperazine rings is 1. The maximum absolute atomic E-state index is 13.2. The highest BCUT2D eigenvalue weighted by Gasteiger charge is 2.35. The minimum Gasteiger partial charge on any atom is -0.462 e. The molecule has 2 fully saturated rings. The van der Waals surface area contributed by atoms with E-state index in [9.17, 15) is 10.1 Å². The number of likely N-dealkylation sites (N-methyl/N-ethyl adjacent to an activating group) is 2. The lowest BCUT2D eigenvalue weighted by Gasteiger charge is -2.43. The Hall–Kier alpha value is -3.68. The van der Waals surface area contributed by atoms with Crippen molar-refractivity contribution in [1.82, 2.24) is 24.7 Å². The first kappa shape index (κ1) is 32.3. The van der Waals surface area contributed by atoms with Crippen LogP contribution in [-0.2, 0) is 24.1 Å². The van der Waals surface area contributed by atoms with E-state index in [0.717, 1.165) is 63.3 Å². The quantitative estimate of drug-likeness (QED) is 0.366. The van der Waals surface area contributed by atoms with Gasteiger partial charge in [0, 0.05) is 68.6 Å². The van der Waals surface area contributed by atoms with Crippen LogP contribution in [0.4, 0.5) is 11.5 Å². The molecule has 1 amide bonds. The van der Waals surface area contributed by atoms with E-state index in [-0.39, 0.29) is 18.4 Å². The van der Waals surface area contributed by atoms with Crippen molar-refractivity contribution in [3.05, 3.63) is 53.2 Å². The van der Waals surface area contributed by atoms with Gasteiger partial charge in [-0.1, -0.05) is 31.2 Å². The fraction of sp³-hybridized carbons (Fsp3) is 0.611. The topological polar surface area (TPSA) is 92.1 Å². The van der Waals surface area contributed by atoms with Crippen LogP contribution in [0.3, 0.4) is 0 Å².